The number of nitrogens with zero attached hydrogens (tertiary/aromatic N) is 2. The van der Waals surface area contributed by atoms with E-state index in [0.29, 0.717) is 51.4 Å². The third kappa shape index (κ3) is 5.42. The summed E-state index contributed by atoms with van der Waals surface area (Å²) in [7, 11) is 0. The Bertz CT molecular complexity index is 721. The number of piperidine rings is 1. The molecule has 2 aliphatic rings. The SMILES string of the molecule is CCNC(=NCC1(c2ccccc2F)CC1)NCCN1C(=O)CCCC1=O.I. The van der Waals surface area contributed by atoms with E-state index in [1.165, 1.54) is 11.0 Å². The van der Waals surface area contributed by atoms with Crippen molar-refractivity contribution in [3.63, 3.8) is 0 Å². The smallest absolute Gasteiger partial charge is 0.229 e. The Labute approximate surface area is 182 Å². The number of nitrogens with one attached hydrogen (secondary N) is 2. The van der Waals surface area contributed by atoms with Crippen LogP contribution in [-0.2, 0) is 15.0 Å². The normalized spacial score (nSPS) is 18.5. The number of guanidine groups is 1. The number of hydrogen-bond donors (Lipinski definition) is 2. The highest BCUT2D eigenvalue weighted by atomic mass is 127. The summed E-state index contributed by atoms with van der Waals surface area (Å²) >= 11 is 0. The van der Waals surface area contributed by atoms with Gasteiger partial charge in [0.2, 0.25) is 11.8 Å². The van der Waals surface area contributed by atoms with Gasteiger partial charge in [-0.05, 0) is 37.8 Å². The van der Waals surface area contributed by atoms with Gasteiger partial charge in [-0.2, -0.15) is 0 Å². The van der Waals surface area contributed by atoms with E-state index < -0.39 is 0 Å². The van der Waals surface area contributed by atoms with Crippen LogP contribution in [0.5, 0.6) is 0 Å². The molecule has 0 unspecified atom stereocenters. The summed E-state index contributed by atoms with van der Waals surface area (Å²) in [4.78, 5) is 29.7. The number of carbonyl (C=O) groups excluding carboxylic acids is 2. The number of amides is 2. The fourth-order valence-electron chi connectivity index (χ4n) is 3.46. The van der Waals surface area contributed by atoms with Crippen molar-refractivity contribution in [2.45, 2.75) is 44.4 Å². The third-order valence-corrected chi connectivity index (χ3v) is 5.19. The Kier molecular flexibility index (Phi) is 8.21. The molecule has 2 amide bonds. The second kappa shape index (κ2) is 10.2. The molecule has 3 rings (SSSR count). The molecule has 1 aromatic carbocycles. The Morgan fingerprint density at radius 2 is 1.86 bits per heavy atom. The molecule has 0 bridgehead atoms. The number of benzene rings is 1. The molecule has 1 aliphatic carbocycles. The van der Waals surface area contributed by atoms with Gasteiger partial charge in [0.05, 0.1) is 6.54 Å². The minimum atomic E-state index is -0.216. The van der Waals surface area contributed by atoms with Crippen LogP contribution in [0.2, 0.25) is 0 Å². The van der Waals surface area contributed by atoms with Crippen molar-refractivity contribution < 1.29 is 14.0 Å². The molecule has 1 saturated carbocycles. The van der Waals surface area contributed by atoms with Gasteiger partial charge in [0.1, 0.15) is 5.82 Å². The third-order valence-electron chi connectivity index (χ3n) is 5.19. The number of imide groups is 1. The summed E-state index contributed by atoms with van der Waals surface area (Å²) in [6, 6.07) is 6.90. The number of rotatable bonds is 7. The van der Waals surface area contributed by atoms with E-state index in [1.807, 2.05) is 19.1 Å². The van der Waals surface area contributed by atoms with E-state index in [4.69, 9.17) is 0 Å². The number of likely N-dealkylation sites (tertiary alicyclic amines) is 1. The molecule has 28 heavy (non-hydrogen) atoms. The van der Waals surface area contributed by atoms with E-state index in [9.17, 15) is 14.0 Å². The van der Waals surface area contributed by atoms with E-state index in [-0.39, 0.29) is 47.0 Å². The first-order chi connectivity index (χ1) is 13.1. The second-order valence-electron chi connectivity index (χ2n) is 7.17. The molecule has 0 radical (unpaired) electrons. The van der Waals surface area contributed by atoms with Gasteiger partial charge in [0.15, 0.2) is 5.96 Å². The minimum Gasteiger partial charge on any atom is -0.357 e. The van der Waals surface area contributed by atoms with Crippen LogP contribution in [0, 0.1) is 5.82 Å². The molecule has 1 saturated heterocycles. The minimum absolute atomic E-state index is 0. The van der Waals surface area contributed by atoms with Crippen molar-refractivity contribution in [3.05, 3.63) is 35.6 Å². The number of halogens is 2. The molecule has 0 spiro atoms. The maximum Gasteiger partial charge on any atom is 0.229 e. The average molecular weight is 502 g/mol. The molecule has 0 aromatic heterocycles. The van der Waals surface area contributed by atoms with Crippen LogP contribution in [0.3, 0.4) is 0 Å². The van der Waals surface area contributed by atoms with Gasteiger partial charge < -0.3 is 10.6 Å². The molecule has 0 atom stereocenters. The number of carbonyl (C=O) groups is 2. The van der Waals surface area contributed by atoms with Gasteiger partial charge >= 0.3 is 0 Å². The lowest BCUT2D eigenvalue weighted by Crippen LogP contribution is -2.46. The average Bonchev–Trinajstić information content (AvgIpc) is 3.43. The Hall–Kier alpha value is -1.71. The van der Waals surface area contributed by atoms with E-state index in [2.05, 4.69) is 15.6 Å². The zero-order valence-corrected chi connectivity index (χ0v) is 18.5. The Morgan fingerprint density at radius 1 is 1.18 bits per heavy atom. The van der Waals surface area contributed by atoms with Gasteiger partial charge in [-0.1, -0.05) is 18.2 Å². The van der Waals surface area contributed by atoms with Crippen LogP contribution in [0.1, 0.15) is 44.6 Å². The summed E-state index contributed by atoms with van der Waals surface area (Å²) in [6.45, 7) is 3.94. The largest absolute Gasteiger partial charge is 0.357 e. The van der Waals surface area contributed by atoms with Gasteiger partial charge in [0.25, 0.3) is 0 Å². The van der Waals surface area contributed by atoms with Crippen molar-refractivity contribution in [2.24, 2.45) is 4.99 Å². The van der Waals surface area contributed by atoms with Gasteiger partial charge in [-0.25, -0.2) is 4.39 Å². The molecular formula is C20H28FIN4O2. The lowest BCUT2D eigenvalue weighted by molar-refractivity contribution is -0.147. The predicted octanol–water partition coefficient (Wildman–Crippen LogP) is 2.57. The highest BCUT2D eigenvalue weighted by molar-refractivity contribution is 14.0. The van der Waals surface area contributed by atoms with Crippen LogP contribution < -0.4 is 10.6 Å². The van der Waals surface area contributed by atoms with Crippen molar-refractivity contribution in [1.29, 1.82) is 0 Å². The first kappa shape index (κ1) is 22.6. The summed E-state index contributed by atoms with van der Waals surface area (Å²) in [5.74, 6) is 0.236. The number of aliphatic imine (C=N–C) groups is 1. The maximum atomic E-state index is 14.1. The zero-order chi connectivity index (χ0) is 19.3. The van der Waals surface area contributed by atoms with Crippen LogP contribution in [0.15, 0.2) is 29.3 Å². The van der Waals surface area contributed by atoms with Crippen LogP contribution in [-0.4, -0.2) is 48.9 Å². The van der Waals surface area contributed by atoms with E-state index >= 15 is 0 Å². The lowest BCUT2D eigenvalue weighted by atomic mass is 9.95. The molecule has 154 valence electrons. The van der Waals surface area contributed by atoms with Crippen LogP contribution >= 0.6 is 24.0 Å². The molecule has 2 N–H and O–H groups in total. The van der Waals surface area contributed by atoms with Crippen molar-refractivity contribution in [3.8, 4) is 0 Å². The van der Waals surface area contributed by atoms with Gasteiger partial charge in [-0.3, -0.25) is 19.5 Å². The fraction of sp³-hybridized carbons (Fsp3) is 0.550. The standard InChI is InChI=1S/C20H27FN4O2.HI/c1-2-22-19(23-12-13-25-17(26)8-5-9-18(25)27)24-14-20(10-11-20)15-6-3-4-7-16(15)21;/h3-4,6-7H,2,5,8-14H2,1H3,(H2,22,23,24);1H. The zero-order valence-electron chi connectivity index (χ0n) is 16.2. The van der Waals surface area contributed by atoms with Crippen LogP contribution in [0.4, 0.5) is 4.39 Å². The van der Waals surface area contributed by atoms with Gasteiger partial charge in [-0.15, -0.1) is 24.0 Å². The van der Waals surface area contributed by atoms with E-state index in [0.717, 1.165) is 18.4 Å². The van der Waals surface area contributed by atoms with Crippen molar-refractivity contribution >= 4 is 41.8 Å². The summed E-state index contributed by atoms with van der Waals surface area (Å²) in [5, 5.41) is 6.34. The molecule has 1 aliphatic heterocycles. The highest BCUT2D eigenvalue weighted by Crippen LogP contribution is 2.49. The number of hydrogen-bond acceptors (Lipinski definition) is 3. The summed E-state index contributed by atoms with van der Waals surface area (Å²) in [5.41, 5.74) is 0.515. The predicted molar refractivity (Wildman–Crippen MR) is 117 cm³/mol. The lowest BCUT2D eigenvalue weighted by Gasteiger charge is -2.25. The topological polar surface area (TPSA) is 73.8 Å². The molecule has 1 heterocycles. The van der Waals surface area contributed by atoms with Crippen LogP contribution in [0.25, 0.3) is 0 Å². The molecule has 2 fully saturated rings. The maximum absolute atomic E-state index is 14.1. The first-order valence-corrected chi connectivity index (χ1v) is 9.66. The summed E-state index contributed by atoms with van der Waals surface area (Å²) < 4.78 is 14.1. The fourth-order valence-corrected chi connectivity index (χ4v) is 3.46. The second-order valence-corrected chi connectivity index (χ2v) is 7.17. The highest BCUT2D eigenvalue weighted by Gasteiger charge is 2.45. The quantitative estimate of drug-likeness (QED) is 0.260. The monoisotopic (exact) mass is 502 g/mol. The Morgan fingerprint density at radius 3 is 2.46 bits per heavy atom. The molecule has 1 aromatic rings. The van der Waals surface area contributed by atoms with E-state index in [1.54, 1.807) is 6.07 Å². The van der Waals surface area contributed by atoms with Crippen molar-refractivity contribution in [1.82, 2.24) is 15.5 Å². The molecule has 6 nitrogen and oxygen atoms in total. The molecular weight excluding hydrogens is 474 g/mol. The van der Waals surface area contributed by atoms with Gasteiger partial charge in [0, 0.05) is 37.9 Å². The first-order valence-electron chi connectivity index (χ1n) is 9.66. The Balaban J connectivity index is 0.00000280. The van der Waals surface area contributed by atoms with Crippen molar-refractivity contribution in [2.75, 3.05) is 26.2 Å². The summed E-state index contributed by atoms with van der Waals surface area (Å²) in [6.07, 6.45) is 3.36. The molecule has 8 heteroatoms.